The summed E-state index contributed by atoms with van der Waals surface area (Å²) in [5.41, 5.74) is 4.84. The van der Waals surface area contributed by atoms with Crippen molar-refractivity contribution in [2.45, 2.75) is 43.3 Å². The van der Waals surface area contributed by atoms with Crippen molar-refractivity contribution in [3.63, 3.8) is 0 Å². The van der Waals surface area contributed by atoms with Crippen LogP contribution in [0.15, 0.2) is 83.3 Å². The number of carbonyl (C=O) groups excluding carboxylic acids is 1. The molecule has 3 heterocycles. The lowest BCUT2D eigenvalue weighted by molar-refractivity contribution is -0.268. The van der Waals surface area contributed by atoms with Gasteiger partial charge in [-0.3, -0.25) is 9.78 Å². The van der Waals surface area contributed by atoms with E-state index in [9.17, 15) is 9.90 Å². The van der Waals surface area contributed by atoms with Crippen molar-refractivity contribution in [2.75, 3.05) is 11.1 Å². The van der Waals surface area contributed by atoms with Crippen LogP contribution in [0.4, 0.5) is 5.69 Å². The Balaban J connectivity index is 1.23. The van der Waals surface area contributed by atoms with Gasteiger partial charge in [-0.25, -0.2) is 4.98 Å². The van der Waals surface area contributed by atoms with Crippen molar-refractivity contribution in [1.29, 1.82) is 0 Å². The molecule has 2 N–H and O–H groups in total. The molecule has 6 rings (SSSR count). The summed E-state index contributed by atoms with van der Waals surface area (Å²) in [7, 11) is 0. The normalized spacial score (nSPS) is 20.5. The van der Waals surface area contributed by atoms with Crippen molar-refractivity contribution in [1.82, 2.24) is 20.2 Å². The van der Waals surface area contributed by atoms with E-state index in [-0.39, 0.29) is 36.3 Å². The van der Waals surface area contributed by atoms with Crippen molar-refractivity contribution in [3.05, 3.63) is 106 Å². The molecule has 214 valence electrons. The standard InChI is InChI=1S/C31H29N5O4S2/c1-18-27(17-41-31-36-35-19(2)42-31)39-30(40-28(18)21-12-10-20(16-37)11-13-21)22-6-5-7-23(14-22)33-29(38)26-15-32-24-8-3-4-9-25(24)34-26/h3-15,18,27-28,30,37H,16-17H2,1-2H3,(H,33,38). The number of anilines is 1. The molecular formula is C31H29N5O4S2. The third-order valence-corrected chi connectivity index (χ3v) is 9.16. The number of aromatic nitrogens is 4. The topological polar surface area (TPSA) is 119 Å². The number of ether oxygens (including phenoxy) is 2. The summed E-state index contributed by atoms with van der Waals surface area (Å²) in [6, 6.07) is 22.7. The van der Waals surface area contributed by atoms with Crippen LogP contribution in [0.1, 0.15) is 51.5 Å². The van der Waals surface area contributed by atoms with Gasteiger partial charge in [-0.2, -0.15) is 0 Å². The molecule has 1 aliphatic rings. The minimum absolute atomic E-state index is 0.0169. The first kappa shape index (κ1) is 28.4. The van der Waals surface area contributed by atoms with Crippen molar-refractivity contribution >= 4 is 45.7 Å². The van der Waals surface area contributed by atoms with Crippen molar-refractivity contribution in [2.24, 2.45) is 5.92 Å². The zero-order valence-corrected chi connectivity index (χ0v) is 24.6. The molecule has 4 atom stereocenters. The number of hydrogen-bond acceptors (Lipinski definition) is 10. The van der Waals surface area contributed by atoms with E-state index in [1.54, 1.807) is 23.1 Å². The predicted molar refractivity (Wildman–Crippen MR) is 162 cm³/mol. The minimum atomic E-state index is -0.664. The number of rotatable bonds is 8. The number of benzene rings is 3. The third-order valence-electron chi connectivity index (χ3n) is 7.10. The molecule has 42 heavy (non-hydrogen) atoms. The van der Waals surface area contributed by atoms with Crippen LogP contribution in [0, 0.1) is 12.8 Å². The number of thioether (sulfide) groups is 1. The van der Waals surface area contributed by atoms with Gasteiger partial charge in [0.25, 0.3) is 5.91 Å². The Bertz CT molecular complexity index is 1700. The highest BCUT2D eigenvalue weighted by Crippen LogP contribution is 2.43. The molecule has 3 aromatic carbocycles. The van der Waals surface area contributed by atoms with Gasteiger partial charge in [0.2, 0.25) is 0 Å². The molecule has 0 saturated carbocycles. The second-order valence-electron chi connectivity index (χ2n) is 10.0. The van der Waals surface area contributed by atoms with Crippen LogP contribution >= 0.6 is 23.1 Å². The maximum atomic E-state index is 13.0. The number of fused-ring (bicyclic) bond motifs is 1. The first-order valence-corrected chi connectivity index (χ1v) is 15.3. The summed E-state index contributed by atoms with van der Waals surface area (Å²) < 4.78 is 14.0. The maximum Gasteiger partial charge on any atom is 0.275 e. The number of nitrogens with zero attached hydrogens (tertiary/aromatic N) is 4. The van der Waals surface area contributed by atoms with Gasteiger partial charge in [0, 0.05) is 22.9 Å². The predicted octanol–water partition coefficient (Wildman–Crippen LogP) is 6.12. The fourth-order valence-electron chi connectivity index (χ4n) is 4.82. The summed E-state index contributed by atoms with van der Waals surface area (Å²) in [6.45, 7) is 4.05. The molecule has 0 aliphatic carbocycles. The lowest BCUT2D eigenvalue weighted by Gasteiger charge is -2.41. The fraction of sp³-hybridized carbons (Fsp3) is 0.258. The number of hydrogen-bond donors (Lipinski definition) is 2. The molecule has 0 radical (unpaired) electrons. The monoisotopic (exact) mass is 599 g/mol. The van der Waals surface area contributed by atoms with Crippen molar-refractivity contribution < 1.29 is 19.4 Å². The van der Waals surface area contributed by atoms with E-state index in [0.717, 1.165) is 31.6 Å². The smallest absolute Gasteiger partial charge is 0.275 e. The van der Waals surface area contributed by atoms with Crippen LogP contribution in [0.3, 0.4) is 0 Å². The summed E-state index contributed by atoms with van der Waals surface area (Å²) >= 11 is 3.19. The quantitative estimate of drug-likeness (QED) is 0.203. The molecule has 9 nitrogen and oxygen atoms in total. The maximum absolute atomic E-state index is 13.0. The zero-order valence-electron chi connectivity index (χ0n) is 23.0. The number of nitrogens with one attached hydrogen (secondary N) is 1. The van der Waals surface area contributed by atoms with E-state index in [0.29, 0.717) is 17.0 Å². The van der Waals surface area contributed by atoms with E-state index < -0.39 is 6.29 Å². The van der Waals surface area contributed by atoms with Crippen LogP contribution < -0.4 is 5.32 Å². The molecule has 1 amide bonds. The van der Waals surface area contributed by atoms with Crippen LogP contribution in [0.5, 0.6) is 0 Å². The van der Waals surface area contributed by atoms with Gasteiger partial charge in [-0.1, -0.05) is 78.6 Å². The Morgan fingerprint density at radius 2 is 1.81 bits per heavy atom. The Morgan fingerprint density at radius 1 is 1.00 bits per heavy atom. The fourth-order valence-corrected chi connectivity index (χ4v) is 6.83. The lowest BCUT2D eigenvalue weighted by atomic mass is 9.91. The number of aliphatic hydroxyl groups is 1. The average Bonchev–Trinajstić information content (AvgIpc) is 3.45. The molecule has 1 aliphatic heterocycles. The van der Waals surface area contributed by atoms with E-state index in [1.165, 1.54) is 6.20 Å². The van der Waals surface area contributed by atoms with Gasteiger partial charge in [-0.15, -0.1) is 10.2 Å². The molecule has 1 saturated heterocycles. The summed E-state index contributed by atoms with van der Waals surface area (Å²) in [4.78, 5) is 21.9. The number of aliphatic hydroxyl groups excluding tert-OH is 1. The first-order valence-electron chi connectivity index (χ1n) is 13.5. The highest BCUT2D eigenvalue weighted by Gasteiger charge is 2.38. The second kappa shape index (κ2) is 12.6. The Kier molecular flexibility index (Phi) is 8.54. The molecule has 0 bridgehead atoms. The second-order valence-corrected chi connectivity index (χ2v) is 12.5. The van der Waals surface area contributed by atoms with Crippen LogP contribution in [-0.4, -0.2) is 43.0 Å². The van der Waals surface area contributed by atoms with Gasteiger partial charge < -0.3 is 19.9 Å². The van der Waals surface area contributed by atoms with Crippen molar-refractivity contribution in [3.8, 4) is 0 Å². The number of aryl methyl sites for hydroxylation is 1. The molecule has 2 aromatic heterocycles. The number of para-hydroxylation sites is 2. The average molecular weight is 600 g/mol. The van der Waals surface area contributed by atoms with Gasteiger partial charge >= 0.3 is 0 Å². The number of amides is 1. The van der Waals surface area contributed by atoms with Gasteiger partial charge in [-0.05, 0) is 42.3 Å². The van der Waals surface area contributed by atoms with Crippen LogP contribution in [0.2, 0.25) is 0 Å². The molecular weight excluding hydrogens is 571 g/mol. The number of carbonyl (C=O) groups is 1. The molecule has 5 aromatic rings. The highest BCUT2D eigenvalue weighted by atomic mass is 32.2. The van der Waals surface area contributed by atoms with Crippen LogP contribution in [-0.2, 0) is 16.1 Å². The van der Waals surface area contributed by atoms with E-state index in [2.05, 4.69) is 32.4 Å². The van der Waals surface area contributed by atoms with Gasteiger partial charge in [0.05, 0.1) is 36.0 Å². The largest absolute Gasteiger partial charge is 0.392 e. The Labute approximate surface area is 251 Å². The third kappa shape index (κ3) is 6.35. The molecule has 11 heteroatoms. The zero-order chi connectivity index (χ0) is 29.1. The lowest BCUT2D eigenvalue weighted by Crippen LogP contribution is -2.38. The van der Waals surface area contributed by atoms with E-state index in [4.69, 9.17) is 9.47 Å². The molecule has 0 spiro atoms. The molecule has 1 fully saturated rings. The summed E-state index contributed by atoms with van der Waals surface area (Å²) in [5, 5.41) is 21.7. The summed E-state index contributed by atoms with van der Waals surface area (Å²) in [5.74, 6) is 0.364. The van der Waals surface area contributed by atoms with Gasteiger partial charge in [0.1, 0.15) is 10.7 Å². The Hall–Kier alpha value is -3.74. The Morgan fingerprint density at radius 3 is 2.57 bits per heavy atom. The minimum Gasteiger partial charge on any atom is -0.392 e. The highest BCUT2D eigenvalue weighted by molar-refractivity contribution is 8.01. The SMILES string of the molecule is Cc1nnc(SCC2OC(c3cccc(NC(=O)c4cnc5ccccc5n4)c3)OC(c3ccc(CO)cc3)C2C)s1. The first-order chi connectivity index (χ1) is 20.5. The van der Waals surface area contributed by atoms with E-state index >= 15 is 0 Å². The van der Waals surface area contributed by atoms with E-state index in [1.807, 2.05) is 79.7 Å². The van der Waals surface area contributed by atoms with Gasteiger partial charge in [0.15, 0.2) is 10.6 Å². The van der Waals surface area contributed by atoms with Crippen LogP contribution in [0.25, 0.3) is 11.0 Å². The molecule has 4 unspecified atom stereocenters. The summed E-state index contributed by atoms with van der Waals surface area (Å²) in [6.07, 6.45) is 0.420.